The molecule has 0 saturated heterocycles. The number of rotatable bonds is 10. The van der Waals surface area contributed by atoms with Gasteiger partial charge in [-0.15, -0.1) is 0 Å². The Bertz CT molecular complexity index is 1710. The fraction of sp³-hybridized carbons (Fsp3) is 0.120. The zero-order chi connectivity index (χ0) is 28.1. The van der Waals surface area contributed by atoms with Crippen LogP contribution in [0.4, 0.5) is 23.0 Å². The van der Waals surface area contributed by atoms with Gasteiger partial charge in [0.05, 0.1) is 42.0 Å². The van der Waals surface area contributed by atoms with Gasteiger partial charge in [-0.25, -0.2) is 14.4 Å². The Morgan fingerprint density at radius 1 is 1.07 bits per heavy atom. The first-order chi connectivity index (χ1) is 19.4. The van der Waals surface area contributed by atoms with Gasteiger partial charge >= 0.3 is 5.97 Å². The van der Waals surface area contributed by atoms with E-state index in [4.69, 9.17) is 18.5 Å². The van der Waals surface area contributed by atoms with Crippen LogP contribution < -0.4 is 15.5 Å². The van der Waals surface area contributed by atoms with Gasteiger partial charge in [0, 0.05) is 11.8 Å². The molecule has 0 aliphatic rings. The van der Waals surface area contributed by atoms with E-state index >= 15 is 0 Å². The van der Waals surface area contributed by atoms with Gasteiger partial charge in [-0.1, -0.05) is 0 Å². The zero-order valence-electron chi connectivity index (χ0n) is 21.0. The normalized spacial score (nSPS) is 11.1. The lowest BCUT2D eigenvalue weighted by Gasteiger charge is -2.09. The number of benzene rings is 2. The second-order valence-electron chi connectivity index (χ2n) is 7.97. The predicted molar refractivity (Wildman–Crippen MR) is 142 cm³/mol. The van der Waals surface area contributed by atoms with Gasteiger partial charge in [-0.05, 0) is 59.7 Å². The Balaban J connectivity index is 1.34. The van der Waals surface area contributed by atoms with Crippen molar-refractivity contribution in [2.24, 2.45) is 5.10 Å². The molecular formula is C25H20N8O7. The van der Waals surface area contributed by atoms with Crippen molar-refractivity contribution in [2.75, 3.05) is 24.5 Å². The standard InChI is InChI=1S/C25H20N8O7/c1-3-38-25(34)14-4-6-15(7-5-14)27-21-22(29-24-23(28-21)31-40-32-24)30-26-13-17-9-11-19(39-17)18-10-8-16(33(35)36)12-20(18)37-2/h4-13H,3H2,1-2H3,(H,27,28,31)(H,29,30,32)/b26-13+. The maximum atomic E-state index is 11.9. The Kier molecular flexibility index (Phi) is 7.26. The average Bonchev–Trinajstić information content (AvgIpc) is 3.62. The van der Waals surface area contributed by atoms with Gasteiger partial charge in [0.1, 0.15) is 17.3 Å². The maximum absolute atomic E-state index is 11.9. The molecule has 3 aromatic heterocycles. The number of hydrogen-bond acceptors (Lipinski definition) is 14. The molecule has 0 aliphatic carbocycles. The molecule has 15 nitrogen and oxygen atoms in total. The van der Waals surface area contributed by atoms with Crippen LogP contribution in [0.3, 0.4) is 0 Å². The number of ether oxygens (including phenoxy) is 2. The van der Waals surface area contributed by atoms with Crippen molar-refractivity contribution in [3.05, 3.63) is 76.0 Å². The molecule has 0 bridgehead atoms. The first kappa shape index (κ1) is 25.8. The first-order valence-corrected chi connectivity index (χ1v) is 11.7. The van der Waals surface area contributed by atoms with Crippen LogP contribution in [0.25, 0.3) is 22.6 Å². The molecule has 2 N–H and O–H groups in total. The van der Waals surface area contributed by atoms with E-state index in [0.717, 1.165) is 0 Å². The molecule has 0 saturated carbocycles. The minimum absolute atomic E-state index is 0.0992. The Morgan fingerprint density at radius 2 is 1.82 bits per heavy atom. The number of nitro benzene ring substituents is 1. The van der Waals surface area contributed by atoms with Crippen molar-refractivity contribution in [1.29, 1.82) is 0 Å². The van der Waals surface area contributed by atoms with E-state index < -0.39 is 10.9 Å². The van der Waals surface area contributed by atoms with E-state index in [9.17, 15) is 14.9 Å². The molecule has 5 rings (SSSR count). The monoisotopic (exact) mass is 544 g/mol. The minimum Gasteiger partial charge on any atom is -0.496 e. The molecule has 5 aromatic rings. The lowest BCUT2D eigenvalue weighted by molar-refractivity contribution is -0.384. The number of furan rings is 1. The number of nitro groups is 1. The Morgan fingerprint density at radius 3 is 2.52 bits per heavy atom. The van der Waals surface area contributed by atoms with Gasteiger partial charge in [0.2, 0.25) is 11.3 Å². The fourth-order valence-corrected chi connectivity index (χ4v) is 3.56. The van der Waals surface area contributed by atoms with E-state index in [1.54, 1.807) is 49.4 Å². The van der Waals surface area contributed by atoms with Crippen molar-refractivity contribution in [2.45, 2.75) is 6.92 Å². The molecule has 2 aromatic carbocycles. The highest BCUT2D eigenvalue weighted by molar-refractivity contribution is 5.90. The number of fused-ring (bicyclic) bond motifs is 1. The molecule has 15 heteroatoms. The van der Waals surface area contributed by atoms with Crippen LogP contribution in [0, 0.1) is 10.1 Å². The Hall–Kier alpha value is -5.86. The molecular weight excluding hydrogens is 524 g/mol. The van der Waals surface area contributed by atoms with Gasteiger partial charge in [-0.2, -0.15) is 10.1 Å². The van der Waals surface area contributed by atoms with E-state index in [0.29, 0.717) is 34.1 Å². The largest absolute Gasteiger partial charge is 0.496 e. The van der Waals surface area contributed by atoms with Crippen LogP contribution in [0.5, 0.6) is 5.75 Å². The number of hydrazone groups is 1. The summed E-state index contributed by atoms with van der Waals surface area (Å²) in [4.78, 5) is 31.2. The zero-order valence-corrected chi connectivity index (χ0v) is 21.0. The quantitative estimate of drug-likeness (QED) is 0.108. The van der Waals surface area contributed by atoms with Crippen LogP contribution in [-0.4, -0.2) is 51.1 Å². The summed E-state index contributed by atoms with van der Waals surface area (Å²) in [5, 5.41) is 25.8. The van der Waals surface area contributed by atoms with Crippen LogP contribution in [0.1, 0.15) is 23.0 Å². The van der Waals surface area contributed by atoms with Crippen molar-refractivity contribution in [3.63, 3.8) is 0 Å². The van der Waals surface area contributed by atoms with E-state index in [2.05, 4.69) is 36.1 Å². The number of esters is 1. The number of anilines is 3. The molecule has 0 unspecified atom stereocenters. The second-order valence-corrected chi connectivity index (χ2v) is 7.97. The van der Waals surface area contributed by atoms with E-state index in [1.807, 2.05) is 0 Å². The predicted octanol–water partition coefficient (Wildman–Crippen LogP) is 4.56. The molecule has 0 radical (unpaired) electrons. The number of aromatic nitrogens is 4. The van der Waals surface area contributed by atoms with Gasteiger partial charge in [-0.3, -0.25) is 15.5 Å². The number of methoxy groups -OCH3 is 1. The van der Waals surface area contributed by atoms with Crippen molar-refractivity contribution in [3.8, 4) is 17.1 Å². The topological polar surface area (TPSA) is 193 Å². The number of carbonyl (C=O) groups excluding carboxylic acids is 1. The maximum Gasteiger partial charge on any atom is 0.338 e. The summed E-state index contributed by atoms with van der Waals surface area (Å²) in [6.07, 6.45) is 1.41. The summed E-state index contributed by atoms with van der Waals surface area (Å²) >= 11 is 0. The molecule has 0 amide bonds. The van der Waals surface area contributed by atoms with Crippen LogP contribution in [-0.2, 0) is 4.74 Å². The number of hydrogen-bond donors (Lipinski definition) is 2. The highest BCUT2D eigenvalue weighted by atomic mass is 16.6. The van der Waals surface area contributed by atoms with Gasteiger partial charge in [0.25, 0.3) is 5.69 Å². The number of carbonyl (C=O) groups is 1. The molecule has 0 fully saturated rings. The van der Waals surface area contributed by atoms with Crippen LogP contribution in [0.2, 0.25) is 0 Å². The summed E-state index contributed by atoms with van der Waals surface area (Å²) in [5.74, 6) is 1.15. The summed E-state index contributed by atoms with van der Waals surface area (Å²) in [5.41, 5.74) is 4.58. The lowest BCUT2D eigenvalue weighted by atomic mass is 10.1. The summed E-state index contributed by atoms with van der Waals surface area (Å²) in [6, 6.07) is 14.2. The van der Waals surface area contributed by atoms with Gasteiger partial charge in [0.15, 0.2) is 11.6 Å². The fourth-order valence-electron chi connectivity index (χ4n) is 3.56. The number of nitrogens with zero attached hydrogens (tertiary/aromatic N) is 6. The highest BCUT2D eigenvalue weighted by Crippen LogP contribution is 2.34. The van der Waals surface area contributed by atoms with Crippen molar-refractivity contribution >= 4 is 46.5 Å². The van der Waals surface area contributed by atoms with Crippen LogP contribution in [0.15, 0.2) is 68.7 Å². The average molecular weight is 544 g/mol. The third-order valence-electron chi connectivity index (χ3n) is 5.42. The number of nitrogens with one attached hydrogen (secondary N) is 2. The third kappa shape index (κ3) is 5.52. The van der Waals surface area contributed by atoms with E-state index in [1.165, 1.54) is 25.5 Å². The smallest absolute Gasteiger partial charge is 0.338 e. The molecule has 0 atom stereocenters. The molecule has 0 aliphatic heterocycles. The summed E-state index contributed by atoms with van der Waals surface area (Å²) in [6.45, 7) is 2.01. The van der Waals surface area contributed by atoms with Crippen LogP contribution >= 0.6 is 0 Å². The first-order valence-electron chi connectivity index (χ1n) is 11.7. The second kappa shape index (κ2) is 11.3. The lowest BCUT2D eigenvalue weighted by Crippen LogP contribution is -2.05. The SMILES string of the molecule is CCOC(=O)c1ccc(Nc2nc3nonc3nc2N/N=C/c2ccc(-c3ccc([N+](=O)[O-])cc3OC)o2)cc1. The summed E-state index contributed by atoms with van der Waals surface area (Å²) < 4.78 is 20.8. The molecule has 40 heavy (non-hydrogen) atoms. The minimum atomic E-state index is -0.505. The highest BCUT2D eigenvalue weighted by Gasteiger charge is 2.16. The molecule has 3 heterocycles. The Labute approximate surface area is 224 Å². The molecule has 0 spiro atoms. The molecule has 202 valence electrons. The van der Waals surface area contributed by atoms with Crippen molar-refractivity contribution in [1.82, 2.24) is 20.3 Å². The van der Waals surface area contributed by atoms with E-state index in [-0.39, 0.29) is 35.2 Å². The third-order valence-corrected chi connectivity index (χ3v) is 5.42. The van der Waals surface area contributed by atoms with Gasteiger partial charge < -0.3 is 19.2 Å². The van der Waals surface area contributed by atoms with Crippen molar-refractivity contribution < 1.29 is 28.2 Å². The summed E-state index contributed by atoms with van der Waals surface area (Å²) in [7, 11) is 1.42. The number of non-ortho nitro benzene ring substituents is 1.